The minimum Gasteiger partial charge on any atom is -0.369 e. The summed E-state index contributed by atoms with van der Waals surface area (Å²) in [7, 11) is 0. The van der Waals surface area contributed by atoms with Gasteiger partial charge in [0.15, 0.2) is 10.9 Å². The third-order valence-corrected chi connectivity index (χ3v) is 5.94. The van der Waals surface area contributed by atoms with Crippen LogP contribution in [0.15, 0.2) is 65.7 Å². The van der Waals surface area contributed by atoms with Gasteiger partial charge in [-0.2, -0.15) is 0 Å². The highest BCUT2D eigenvalue weighted by molar-refractivity contribution is 8.93. The second kappa shape index (κ2) is 8.12. The van der Waals surface area contributed by atoms with Crippen LogP contribution in [0.25, 0.3) is 0 Å². The second-order valence-corrected chi connectivity index (χ2v) is 7.35. The number of amidine groups is 1. The van der Waals surface area contributed by atoms with Crippen LogP contribution in [0.3, 0.4) is 0 Å². The van der Waals surface area contributed by atoms with Gasteiger partial charge in [0, 0.05) is 6.54 Å². The van der Waals surface area contributed by atoms with Crippen molar-refractivity contribution in [1.82, 2.24) is 4.90 Å². The summed E-state index contributed by atoms with van der Waals surface area (Å²) in [6, 6.07) is 12.2. The molecule has 27 heavy (non-hydrogen) atoms. The Morgan fingerprint density at radius 2 is 1.52 bits per heavy atom. The SMILES string of the molecule is Br.OC1(C(c2ccc(F)cc2)c2ccc(F)cc2)CSC2=NCC=CCN21. The lowest BCUT2D eigenvalue weighted by Gasteiger charge is -2.40. The molecule has 0 amide bonds. The van der Waals surface area contributed by atoms with Gasteiger partial charge in [-0.05, 0) is 35.4 Å². The Balaban J connectivity index is 0.00000210. The van der Waals surface area contributed by atoms with Crippen LogP contribution < -0.4 is 0 Å². The highest BCUT2D eigenvalue weighted by Gasteiger charge is 2.50. The summed E-state index contributed by atoms with van der Waals surface area (Å²) in [5, 5.41) is 12.5. The lowest BCUT2D eigenvalue weighted by Crippen LogP contribution is -2.52. The number of thioether (sulfide) groups is 1. The van der Waals surface area contributed by atoms with E-state index in [0.29, 0.717) is 18.8 Å². The summed E-state index contributed by atoms with van der Waals surface area (Å²) in [5.41, 5.74) is 0.305. The maximum absolute atomic E-state index is 13.4. The monoisotopic (exact) mass is 452 g/mol. The molecule has 1 atom stereocenters. The van der Waals surface area contributed by atoms with E-state index in [-0.39, 0.29) is 28.6 Å². The van der Waals surface area contributed by atoms with Crippen LogP contribution in [0.4, 0.5) is 8.78 Å². The van der Waals surface area contributed by atoms with Crippen LogP contribution in [-0.2, 0) is 0 Å². The third kappa shape index (κ3) is 3.81. The first-order chi connectivity index (χ1) is 12.6. The predicted molar refractivity (Wildman–Crippen MR) is 111 cm³/mol. The van der Waals surface area contributed by atoms with Crippen molar-refractivity contribution in [2.24, 2.45) is 4.99 Å². The van der Waals surface area contributed by atoms with Crippen molar-refractivity contribution >= 4 is 33.9 Å². The van der Waals surface area contributed by atoms with Crippen molar-refractivity contribution in [2.45, 2.75) is 11.6 Å². The first-order valence-corrected chi connectivity index (χ1v) is 9.40. The molecule has 0 aromatic heterocycles. The summed E-state index contributed by atoms with van der Waals surface area (Å²) < 4.78 is 26.9. The van der Waals surface area contributed by atoms with E-state index in [0.717, 1.165) is 16.3 Å². The van der Waals surface area contributed by atoms with Crippen molar-refractivity contribution in [1.29, 1.82) is 0 Å². The third-order valence-electron chi connectivity index (χ3n) is 4.77. The van der Waals surface area contributed by atoms with Crippen molar-refractivity contribution in [2.75, 3.05) is 18.8 Å². The molecule has 7 heteroatoms. The Bertz CT molecular complexity index is 812. The molecular formula is C20H19BrF2N2OS. The summed E-state index contributed by atoms with van der Waals surface area (Å²) in [6.07, 6.45) is 3.96. The topological polar surface area (TPSA) is 35.8 Å². The average molecular weight is 453 g/mol. The van der Waals surface area contributed by atoms with Crippen molar-refractivity contribution in [3.05, 3.63) is 83.4 Å². The van der Waals surface area contributed by atoms with E-state index < -0.39 is 11.6 Å². The Morgan fingerprint density at radius 1 is 0.963 bits per heavy atom. The smallest absolute Gasteiger partial charge is 0.162 e. The first-order valence-electron chi connectivity index (χ1n) is 8.41. The fraction of sp³-hybridized carbons (Fsp3) is 0.250. The molecule has 0 aliphatic carbocycles. The molecule has 0 radical (unpaired) electrons. The molecule has 1 unspecified atom stereocenters. The summed E-state index contributed by atoms with van der Waals surface area (Å²) in [6.45, 7) is 1.13. The molecule has 1 saturated heterocycles. The van der Waals surface area contributed by atoms with E-state index >= 15 is 0 Å². The van der Waals surface area contributed by atoms with Crippen LogP contribution in [0, 0.1) is 11.6 Å². The van der Waals surface area contributed by atoms with Gasteiger partial charge in [-0.3, -0.25) is 4.99 Å². The highest BCUT2D eigenvalue weighted by atomic mass is 79.9. The zero-order valence-corrected chi connectivity index (χ0v) is 16.9. The molecule has 0 bridgehead atoms. The average Bonchev–Trinajstić information content (AvgIpc) is 2.82. The molecule has 2 aromatic carbocycles. The summed E-state index contributed by atoms with van der Waals surface area (Å²) in [4.78, 5) is 6.40. The molecule has 0 spiro atoms. The molecular weight excluding hydrogens is 434 g/mol. The molecule has 3 nitrogen and oxygen atoms in total. The van der Waals surface area contributed by atoms with Crippen LogP contribution in [-0.4, -0.2) is 39.7 Å². The first kappa shape index (κ1) is 20.0. The second-order valence-electron chi connectivity index (χ2n) is 6.41. The van der Waals surface area contributed by atoms with Gasteiger partial charge in [-0.1, -0.05) is 48.2 Å². The number of fused-ring (bicyclic) bond motifs is 1. The maximum Gasteiger partial charge on any atom is 0.162 e. The maximum atomic E-state index is 13.4. The zero-order chi connectivity index (χ0) is 18.1. The standard InChI is InChI=1S/C20H18F2N2OS.BrH/c21-16-7-3-14(4-8-16)18(15-5-9-17(22)10-6-15)20(25)13-26-19-23-11-1-2-12-24(19)20;/h1-10,18,25H,11-13H2;1H. The molecule has 2 aromatic rings. The van der Waals surface area contributed by atoms with Crippen molar-refractivity contribution in [3.63, 3.8) is 0 Å². The number of rotatable bonds is 3. The number of aliphatic imine (C=N–C) groups is 1. The number of nitrogens with zero attached hydrogens (tertiary/aromatic N) is 2. The van der Waals surface area contributed by atoms with Gasteiger partial charge in [0.25, 0.3) is 0 Å². The Morgan fingerprint density at radius 3 is 2.07 bits per heavy atom. The van der Waals surface area contributed by atoms with E-state index in [2.05, 4.69) is 4.99 Å². The Labute approximate surface area is 171 Å². The Hall–Kier alpha value is -1.70. The van der Waals surface area contributed by atoms with Gasteiger partial charge >= 0.3 is 0 Å². The number of aliphatic hydroxyl groups is 1. The zero-order valence-electron chi connectivity index (χ0n) is 14.4. The predicted octanol–water partition coefficient (Wildman–Crippen LogP) is 4.34. The molecule has 142 valence electrons. The molecule has 2 heterocycles. The van der Waals surface area contributed by atoms with Gasteiger partial charge in [0.2, 0.25) is 0 Å². The number of hydrogen-bond acceptors (Lipinski definition) is 4. The molecule has 2 aliphatic rings. The van der Waals surface area contributed by atoms with Crippen molar-refractivity contribution < 1.29 is 13.9 Å². The summed E-state index contributed by atoms with van der Waals surface area (Å²) >= 11 is 1.51. The molecule has 2 aliphatic heterocycles. The Kier molecular flexibility index (Phi) is 6.03. The van der Waals surface area contributed by atoms with Crippen molar-refractivity contribution in [3.8, 4) is 0 Å². The largest absolute Gasteiger partial charge is 0.369 e. The fourth-order valence-electron chi connectivity index (χ4n) is 3.52. The van der Waals surface area contributed by atoms with E-state index in [9.17, 15) is 13.9 Å². The van der Waals surface area contributed by atoms with Gasteiger partial charge in [-0.15, -0.1) is 17.0 Å². The van der Waals surface area contributed by atoms with Gasteiger partial charge in [0.1, 0.15) is 11.6 Å². The number of hydrogen-bond donors (Lipinski definition) is 1. The number of halogens is 3. The van der Waals surface area contributed by atoms with Gasteiger partial charge in [-0.25, -0.2) is 8.78 Å². The van der Waals surface area contributed by atoms with Crippen LogP contribution in [0.2, 0.25) is 0 Å². The number of benzene rings is 2. The van der Waals surface area contributed by atoms with E-state index in [1.807, 2.05) is 17.1 Å². The fourth-order valence-corrected chi connectivity index (χ4v) is 4.74. The van der Waals surface area contributed by atoms with E-state index in [1.54, 1.807) is 24.3 Å². The quantitative estimate of drug-likeness (QED) is 0.703. The molecule has 0 saturated carbocycles. The van der Waals surface area contributed by atoms with Gasteiger partial charge in [0.05, 0.1) is 18.2 Å². The van der Waals surface area contributed by atoms with Crippen LogP contribution in [0.5, 0.6) is 0 Å². The minimum atomic E-state index is -1.24. The highest BCUT2D eigenvalue weighted by Crippen LogP contribution is 2.45. The molecule has 1 fully saturated rings. The van der Waals surface area contributed by atoms with Gasteiger partial charge < -0.3 is 10.0 Å². The molecule has 1 N–H and O–H groups in total. The van der Waals surface area contributed by atoms with E-state index in [4.69, 9.17) is 0 Å². The molecule has 4 rings (SSSR count). The lowest BCUT2D eigenvalue weighted by atomic mass is 9.82. The lowest BCUT2D eigenvalue weighted by molar-refractivity contribution is -0.0503. The van der Waals surface area contributed by atoms with Crippen LogP contribution >= 0.6 is 28.7 Å². The normalized spacial score (nSPS) is 21.5. The summed E-state index contributed by atoms with van der Waals surface area (Å²) in [5.74, 6) is -0.701. The van der Waals surface area contributed by atoms with Crippen LogP contribution in [0.1, 0.15) is 17.0 Å². The minimum absolute atomic E-state index is 0. The van der Waals surface area contributed by atoms with E-state index in [1.165, 1.54) is 36.0 Å².